The van der Waals surface area contributed by atoms with E-state index in [1.807, 2.05) is 136 Å². The van der Waals surface area contributed by atoms with Gasteiger partial charge in [0.05, 0.1) is 97.0 Å². The van der Waals surface area contributed by atoms with E-state index in [1.165, 1.54) is 6.20 Å². The molecule has 0 spiro atoms. The van der Waals surface area contributed by atoms with Crippen molar-refractivity contribution in [3.05, 3.63) is 222 Å². The predicted molar refractivity (Wildman–Crippen MR) is 458 cm³/mol. The van der Waals surface area contributed by atoms with Gasteiger partial charge in [0, 0.05) is 70.0 Å². The van der Waals surface area contributed by atoms with E-state index in [4.69, 9.17) is 88.8 Å². The Hall–Kier alpha value is -9.60. The number of rotatable bonds is 22. The topological polar surface area (TPSA) is 357 Å². The average Bonchev–Trinajstić information content (AvgIpc) is 1.61. The number of nitrogen functional groups attached to an aromatic ring is 1. The van der Waals surface area contributed by atoms with Crippen LogP contribution in [0.25, 0.3) is 0 Å². The zero-order valence-electron chi connectivity index (χ0n) is 65.7. The van der Waals surface area contributed by atoms with Crippen LogP contribution in [0.4, 0.5) is 15.3 Å². The van der Waals surface area contributed by atoms with Crippen LogP contribution in [-0.2, 0) is 91.5 Å². The van der Waals surface area contributed by atoms with Gasteiger partial charge in [-0.1, -0.05) is 130 Å². The number of aromatic nitrogens is 12. The molecule has 3 aliphatic carbocycles. The second-order valence-corrected chi connectivity index (χ2v) is 34.1. The van der Waals surface area contributed by atoms with E-state index in [-0.39, 0.29) is 63.5 Å². The minimum absolute atomic E-state index is 0. The quantitative estimate of drug-likeness (QED) is 0.0393. The molecule has 6 aliphatic rings. The average molecular weight is 1680 g/mol. The molecule has 0 unspecified atom stereocenters. The Labute approximate surface area is 707 Å². The number of carbonyl (C=O) groups excluding carboxylic acids is 5. The van der Waals surface area contributed by atoms with Gasteiger partial charge in [-0.25, -0.2) is 39.5 Å². The van der Waals surface area contributed by atoms with Crippen molar-refractivity contribution < 1.29 is 33.4 Å². The van der Waals surface area contributed by atoms with Gasteiger partial charge in [0.2, 0.25) is 23.0 Å². The molecule has 0 bridgehead atoms. The molecule has 15 rings (SSSR count). The summed E-state index contributed by atoms with van der Waals surface area (Å²) in [6, 6.07) is 25.0. The molecule has 5 amide bonds. The smallest absolute Gasteiger partial charge is 0.410 e. The summed E-state index contributed by atoms with van der Waals surface area (Å²) in [7, 11) is 0. The molecule has 3 saturated heterocycles. The van der Waals surface area contributed by atoms with Crippen LogP contribution in [0.1, 0.15) is 232 Å². The van der Waals surface area contributed by atoms with E-state index in [1.54, 1.807) is 28.4 Å². The van der Waals surface area contributed by atoms with Gasteiger partial charge in [-0.2, -0.15) is 15.3 Å². The number of primary amides is 3. The summed E-state index contributed by atoms with van der Waals surface area (Å²) in [6.45, 7) is 16.0. The van der Waals surface area contributed by atoms with Gasteiger partial charge in [-0.3, -0.25) is 28.4 Å². The van der Waals surface area contributed by atoms with Crippen molar-refractivity contribution in [1.82, 2.24) is 74.4 Å². The zero-order chi connectivity index (χ0) is 81.1. The number of halogens is 4. The molecule has 30 heteroatoms. The third-order valence-corrected chi connectivity index (χ3v) is 23.1. The summed E-state index contributed by atoms with van der Waals surface area (Å²) in [5.41, 5.74) is 31.8. The summed E-state index contributed by atoms with van der Waals surface area (Å²) in [4.78, 5) is 90.2. The van der Waals surface area contributed by atoms with E-state index in [2.05, 4.69) is 63.6 Å². The third kappa shape index (κ3) is 23.7. The van der Waals surface area contributed by atoms with E-state index in [0.717, 1.165) is 165 Å². The van der Waals surface area contributed by atoms with Crippen LogP contribution in [0.15, 0.2) is 129 Å². The van der Waals surface area contributed by atoms with Gasteiger partial charge >= 0.3 is 12.2 Å². The highest BCUT2D eigenvalue weighted by molar-refractivity contribution is 6.32. The largest absolute Gasteiger partial charge is 0.444 e. The molecule has 9 heterocycles. The highest BCUT2D eigenvalue weighted by Crippen LogP contribution is 2.51. The standard InChI is InChI=1S/C30H37ClN6O3.C25H29ClN6O.C16H15Cl2N3O.C13H22N4O2.3CH4/c1-29(2,3)40-28(39)36-14-10-22(11-15-36)37-19-20(17-34-37)16-26-33-18-24(31)25(35-26)9-8-21-6-4-5-7-23(21)30(12-13-30)27(32)38;26-21-15-29-23(13-17-14-30-32(16-17)19-7-11-28-12-8-19)31-22(21)6-5-18-3-1-2-4-20(18)25(9-10-25)24(27)33;17-12-9-20-15(18)21-13(12)6-5-10-3-1-2-4-11(10)16(7-8-16)14(19)22;1-13(2,3)19-12(18)16-6-4-11(5-7-16)17-9-10(14)8-15-17;;;/h4-7,17-19,22H,8-16H2,1-3H3,(H2,32,38);1-4,14-16,19,28H,5-13H2,(H2,27,33);1-4,9H,5-8H2,(H2,19,22);8-9,11H,4-7,14H2,1-3H3;3*1H4. The first kappa shape index (κ1) is 91.3. The van der Waals surface area contributed by atoms with Crippen LogP contribution in [-0.4, -0.2) is 149 Å². The lowest BCUT2D eigenvalue weighted by Gasteiger charge is -2.33. The Bertz CT molecular complexity index is 4870. The van der Waals surface area contributed by atoms with Gasteiger partial charge in [0.25, 0.3) is 0 Å². The van der Waals surface area contributed by atoms with Gasteiger partial charge in [0.1, 0.15) is 22.9 Å². The summed E-state index contributed by atoms with van der Waals surface area (Å²) < 4.78 is 16.8. The number of ether oxygens (including phenoxy) is 2. The van der Waals surface area contributed by atoms with Gasteiger partial charge in [0.15, 0.2) is 0 Å². The molecular weight excluding hydrogens is 1560 g/mol. The van der Waals surface area contributed by atoms with Gasteiger partial charge in [-0.15, -0.1) is 0 Å². The molecule has 628 valence electrons. The minimum atomic E-state index is -0.524. The van der Waals surface area contributed by atoms with E-state index < -0.39 is 27.4 Å². The number of nitrogens with zero attached hydrogens (tertiary/aromatic N) is 14. The number of hydrogen-bond acceptors (Lipinski definition) is 18. The van der Waals surface area contributed by atoms with Crippen molar-refractivity contribution in [3.8, 4) is 0 Å². The Kier molecular flexibility index (Phi) is 31.0. The number of likely N-dealkylation sites (tertiary alicyclic amines) is 2. The Morgan fingerprint density at radius 1 is 0.444 bits per heavy atom. The first-order valence-corrected chi connectivity index (χ1v) is 40.8. The summed E-state index contributed by atoms with van der Waals surface area (Å²) in [5.74, 6) is 0.688. The maximum atomic E-state index is 12.4. The van der Waals surface area contributed by atoms with Crippen molar-refractivity contribution in [1.29, 1.82) is 0 Å². The fourth-order valence-electron chi connectivity index (χ4n) is 15.3. The van der Waals surface area contributed by atoms with Crippen molar-refractivity contribution in [2.24, 2.45) is 17.2 Å². The summed E-state index contributed by atoms with van der Waals surface area (Å²) in [6.07, 6.45) is 31.5. The molecule has 117 heavy (non-hydrogen) atoms. The molecule has 0 atom stereocenters. The third-order valence-electron chi connectivity index (χ3n) is 22.0. The Balaban J connectivity index is 0.000000184. The molecule has 3 aliphatic heterocycles. The lowest BCUT2D eigenvalue weighted by molar-refractivity contribution is -0.121. The molecule has 6 aromatic heterocycles. The fourth-order valence-corrected chi connectivity index (χ4v) is 16.0. The number of aryl methyl sites for hydroxylation is 6. The number of hydrogen-bond donors (Lipinski definition) is 5. The van der Waals surface area contributed by atoms with Crippen molar-refractivity contribution >= 4 is 82.0 Å². The van der Waals surface area contributed by atoms with Crippen LogP contribution in [0, 0.1) is 0 Å². The maximum absolute atomic E-state index is 12.4. The molecule has 26 nitrogen and oxygen atoms in total. The van der Waals surface area contributed by atoms with Crippen LogP contribution < -0.4 is 28.3 Å². The molecule has 0 radical (unpaired) electrons. The lowest BCUT2D eigenvalue weighted by atomic mass is 9.88. The molecule has 3 saturated carbocycles. The SMILES string of the molecule is C.C.C.CC(C)(C)OC(=O)N1CCC(n2cc(Cc3ncc(Cl)c(CCc4ccccc4C4(C(N)=O)CC4)n3)cn2)CC1.CC(C)(C)OC(=O)N1CCC(n2cc(N)cn2)CC1.NC(=O)C1(c2ccccc2CCc2nc(Cc3cnn(C4CCNCC4)c3)ncc2Cl)CC1.NC(=O)C1(c2ccccc2CCc2nc(Cl)ncc2Cl)CC1. The molecule has 3 aromatic carbocycles. The normalized spacial score (nSPS) is 16.6. The molecule has 9 aromatic rings. The van der Waals surface area contributed by atoms with Crippen molar-refractivity contribution in [2.45, 2.75) is 238 Å². The van der Waals surface area contributed by atoms with E-state index in [9.17, 15) is 24.0 Å². The second kappa shape index (κ2) is 39.8. The number of amides is 5. The number of anilines is 1. The Morgan fingerprint density at radius 3 is 1.10 bits per heavy atom. The monoisotopic (exact) mass is 1680 g/mol. The van der Waals surface area contributed by atoms with Gasteiger partial charge in [-0.05, 0) is 226 Å². The second-order valence-electron chi connectivity index (χ2n) is 32.5. The number of carbonyl (C=O) groups is 5. The highest BCUT2D eigenvalue weighted by Gasteiger charge is 2.53. The maximum Gasteiger partial charge on any atom is 0.410 e. The number of piperidine rings is 3. The van der Waals surface area contributed by atoms with E-state index in [0.29, 0.717) is 109 Å². The fraction of sp³-hybridized carbons (Fsp3) is 0.494. The van der Waals surface area contributed by atoms with Crippen LogP contribution in [0.3, 0.4) is 0 Å². The zero-order valence-corrected chi connectivity index (χ0v) is 68.7. The Morgan fingerprint density at radius 2 is 0.769 bits per heavy atom. The highest BCUT2D eigenvalue weighted by atomic mass is 35.5. The van der Waals surface area contributed by atoms with E-state index >= 15 is 0 Å². The van der Waals surface area contributed by atoms with Crippen molar-refractivity contribution in [2.75, 3.05) is 45.0 Å². The summed E-state index contributed by atoms with van der Waals surface area (Å²) in [5, 5.41) is 18.6. The first-order valence-electron chi connectivity index (χ1n) is 39.3. The lowest BCUT2D eigenvalue weighted by Crippen LogP contribution is -2.42. The number of benzene rings is 3. The summed E-state index contributed by atoms with van der Waals surface area (Å²) >= 11 is 24.8. The number of nitrogens with one attached hydrogen (secondary N) is 1. The van der Waals surface area contributed by atoms with Gasteiger partial charge < -0.3 is 47.5 Å². The first-order chi connectivity index (χ1) is 54.5. The molecular formula is C87H115Cl4N19O7. The van der Waals surface area contributed by atoms with Crippen LogP contribution in [0.2, 0.25) is 20.4 Å². The number of nitrogens with two attached hydrogens (primary N) is 4. The van der Waals surface area contributed by atoms with Crippen LogP contribution >= 0.6 is 46.4 Å². The minimum Gasteiger partial charge on any atom is -0.444 e. The van der Waals surface area contributed by atoms with Crippen LogP contribution in [0.5, 0.6) is 0 Å². The predicted octanol–water partition coefficient (Wildman–Crippen LogP) is 15.0. The van der Waals surface area contributed by atoms with Crippen molar-refractivity contribution in [3.63, 3.8) is 0 Å². The molecule has 6 fully saturated rings. The molecule has 9 N–H and O–H groups in total.